The third-order valence-corrected chi connectivity index (χ3v) is 8.73. The summed E-state index contributed by atoms with van der Waals surface area (Å²) in [6.45, 7) is -2.15. The Morgan fingerprint density at radius 3 is 2.74 bits per heavy atom. The van der Waals surface area contributed by atoms with Gasteiger partial charge < -0.3 is 19.1 Å². The average molecular weight is 598 g/mol. The second kappa shape index (κ2) is 11.0. The highest BCUT2D eigenvalue weighted by molar-refractivity contribution is 7.91. The van der Waals surface area contributed by atoms with Gasteiger partial charge in [-0.15, -0.1) is 5.10 Å². The standard InChI is InChI=1S/C29H31FN6O5S/c1-17-26(35(2)34-33-17)19-14-22-25(31-15-19)24-28(23(42(3,38)39)16-32-29(24)41-13-10-37)36(22)27(18-8-11-40-12-9-18)20-6-4-5-7-21(20)30/h4-7,14-16,18,27,37H,8-13H2,1-3H3/t27-/m0/s1/i1D3. The zero-order chi connectivity index (χ0) is 32.1. The minimum atomic E-state index is -3.91. The number of nitrogens with zero attached hydrogens (tertiary/aromatic N) is 6. The highest BCUT2D eigenvalue weighted by Crippen LogP contribution is 2.45. The van der Waals surface area contributed by atoms with Crippen LogP contribution in [0.1, 0.15) is 34.3 Å². The Hall–Kier alpha value is -3.94. The SMILES string of the molecule is [2H]C([2H])([2H])c1nnn(C)c1-c1cnc2c3c(OCCO)ncc(S(C)(=O)=O)c3n([C@H](c3ccccc3F)C3CCOCC3)c2c1. The first kappa shape index (κ1) is 24.6. The maximum absolute atomic E-state index is 15.8. The van der Waals surface area contributed by atoms with Crippen LogP contribution in [0.3, 0.4) is 0 Å². The molecule has 42 heavy (non-hydrogen) atoms. The number of sulfone groups is 1. The molecule has 0 unspecified atom stereocenters. The first-order chi connectivity index (χ1) is 21.4. The van der Waals surface area contributed by atoms with Crippen LogP contribution in [-0.4, -0.2) is 75.7 Å². The molecule has 11 nitrogen and oxygen atoms in total. The van der Waals surface area contributed by atoms with Crippen molar-refractivity contribution < 1.29 is 31.5 Å². The second-order valence-electron chi connectivity index (χ2n) is 10.3. The number of ether oxygens (including phenoxy) is 2. The van der Waals surface area contributed by atoms with Gasteiger partial charge in [0.05, 0.1) is 46.7 Å². The summed E-state index contributed by atoms with van der Waals surface area (Å²) >= 11 is 0. The van der Waals surface area contributed by atoms with Gasteiger partial charge >= 0.3 is 0 Å². The molecule has 5 heterocycles. The number of fused-ring (bicyclic) bond motifs is 3. The number of pyridine rings is 2. The van der Waals surface area contributed by atoms with E-state index >= 15 is 4.39 Å². The summed E-state index contributed by atoms with van der Waals surface area (Å²) in [6, 6.07) is 7.30. The molecule has 0 aliphatic carbocycles. The van der Waals surface area contributed by atoms with Crippen molar-refractivity contribution in [3.63, 3.8) is 0 Å². The number of aryl methyl sites for hydroxylation is 2. The molecule has 0 radical (unpaired) electrons. The summed E-state index contributed by atoms with van der Waals surface area (Å²) in [4.78, 5) is 8.91. The van der Waals surface area contributed by atoms with Crippen molar-refractivity contribution in [3.05, 3.63) is 59.8 Å². The van der Waals surface area contributed by atoms with Crippen molar-refractivity contribution in [2.24, 2.45) is 13.0 Å². The summed E-state index contributed by atoms with van der Waals surface area (Å²) in [5, 5.41) is 17.6. The maximum atomic E-state index is 15.8. The van der Waals surface area contributed by atoms with Gasteiger partial charge in [-0.1, -0.05) is 23.4 Å². The molecule has 220 valence electrons. The summed E-state index contributed by atoms with van der Waals surface area (Å²) < 4.78 is 81.0. The molecule has 6 rings (SSSR count). The van der Waals surface area contributed by atoms with Crippen molar-refractivity contribution in [1.82, 2.24) is 29.5 Å². The van der Waals surface area contributed by atoms with Crippen LogP contribution in [0.4, 0.5) is 4.39 Å². The second-order valence-corrected chi connectivity index (χ2v) is 12.3. The third kappa shape index (κ3) is 4.80. The van der Waals surface area contributed by atoms with E-state index < -0.39 is 28.5 Å². The summed E-state index contributed by atoms with van der Waals surface area (Å²) in [5.74, 6) is -0.614. The van der Waals surface area contributed by atoms with Crippen molar-refractivity contribution in [2.75, 3.05) is 32.7 Å². The molecule has 0 bridgehead atoms. The lowest BCUT2D eigenvalue weighted by Gasteiger charge is -2.33. The molecule has 1 N–H and O–H groups in total. The van der Waals surface area contributed by atoms with E-state index in [4.69, 9.17) is 18.6 Å². The van der Waals surface area contributed by atoms with Crippen LogP contribution in [0, 0.1) is 18.6 Å². The van der Waals surface area contributed by atoms with Crippen LogP contribution >= 0.6 is 0 Å². The fourth-order valence-corrected chi connectivity index (χ4v) is 6.64. The van der Waals surface area contributed by atoms with E-state index in [1.54, 1.807) is 35.9 Å². The lowest BCUT2D eigenvalue weighted by molar-refractivity contribution is 0.0548. The third-order valence-electron chi connectivity index (χ3n) is 7.63. The van der Waals surface area contributed by atoms with Crippen LogP contribution in [0.2, 0.25) is 0 Å². The normalized spacial score (nSPS) is 16.8. The highest BCUT2D eigenvalue weighted by atomic mass is 32.2. The van der Waals surface area contributed by atoms with Gasteiger partial charge in [-0.25, -0.2) is 22.5 Å². The Morgan fingerprint density at radius 1 is 1.24 bits per heavy atom. The predicted molar refractivity (Wildman–Crippen MR) is 154 cm³/mol. The van der Waals surface area contributed by atoms with Crippen LogP contribution in [0.25, 0.3) is 33.2 Å². The predicted octanol–water partition coefficient (Wildman–Crippen LogP) is 3.62. The fourth-order valence-electron chi connectivity index (χ4n) is 5.84. The lowest BCUT2D eigenvalue weighted by atomic mass is 9.86. The molecule has 1 atom stereocenters. The lowest BCUT2D eigenvalue weighted by Crippen LogP contribution is -2.28. The number of benzene rings is 1. The van der Waals surface area contributed by atoms with E-state index in [-0.39, 0.29) is 52.2 Å². The number of aromatic nitrogens is 6. The molecule has 1 saturated heterocycles. The van der Waals surface area contributed by atoms with Gasteiger partial charge in [-0.3, -0.25) is 4.98 Å². The Kier molecular flexibility index (Phi) is 6.48. The van der Waals surface area contributed by atoms with E-state index in [1.807, 2.05) is 0 Å². The summed E-state index contributed by atoms with van der Waals surface area (Å²) in [5.41, 5.74) is 1.58. The van der Waals surface area contributed by atoms with Gasteiger partial charge in [-0.05, 0) is 37.7 Å². The minimum absolute atomic E-state index is 0.0418. The molecule has 0 amide bonds. The Balaban J connectivity index is 1.79. The number of rotatable bonds is 8. The quantitative estimate of drug-likeness (QED) is 0.285. The monoisotopic (exact) mass is 597 g/mol. The zero-order valence-electron chi connectivity index (χ0n) is 26.0. The number of halogens is 1. The molecular formula is C29H31FN6O5S. The Labute approximate surface area is 246 Å². The topological polar surface area (TPSA) is 134 Å². The molecule has 1 aliphatic heterocycles. The summed E-state index contributed by atoms with van der Waals surface area (Å²) in [7, 11) is -2.35. The van der Waals surface area contributed by atoms with Crippen molar-refractivity contribution >= 4 is 31.8 Å². The molecular weight excluding hydrogens is 563 g/mol. The van der Waals surface area contributed by atoms with Crippen LogP contribution in [0.15, 0.2) is 47.6 Å². The van der Waals surface area contributed by atoms with E-state index in [1.165, 1.54) is 23.1 Å². The van der Waals surface area contributed by atoms with E-state index in [9.17, 15) is 13.5 Å². The van der Waals surface area contributed by atoms with Crippen molar-refractivity contribution in [1.29, 1.82) is 0 Å². The molecule has 13 heteroatoms. The van der Waals surface area contributed by atoms with Gasteiger partial charge in [0.15, 0.2) is 9.84 Å². The number of aliphatic hydroxyl groups is 1. The van der Waals surface area contributed by atoms with E-state index in [2.05, 4.69) is 15.3 Å². The maximum Gasteiger partial charge on any atom is 0.225 e. The number of hydrogen-bond acceptors (Lipinski definition) is 9. The largest absolute Gasteiger partial charge is 0.475 e. The van der Waals surface area contributed by atoms with Crippen molar-refractivity contribution in [2.45, 2.75) is 30.6 Å². The smallest absolute Gasteiger partial charge is 0.225 e. The molecule has 0 spiro atoms. The zero-order valence-corrected chi connectivity index (χ0v) is 23.8. The van der Waals surface area contributed by atoms with Gasteiger partial charge in [0.25, 0.3) is 0 Å². The molecule has 0 saturated carbocycles. The van der Waals surface area contributed by atoms with Crippen molar-refractivity contribution in [3.8, 4) is 17.1 Å². The Bertz CT molecular complexity index is 2010. The highest BCUT2D eigenvalue weighted by Gasteiger charge is 2.35. The van der Waals surface area contributed by atoms with Gasteiger partial charge in [-0.2, -0.15) is 0 Å². The minimum Gasteiger partial charge on any atom is -0.475 e. The molecule has 4 aromatic heterocycles. The fraction of sp³-hybridized carbons (Fsp3) is 0.379. The van der Waals surface area contributed by atoms with Gasteiger partial charge in [0.2, 0.25) is 5.88 Å². The molecule has 1 fully saturated rings. The first-order valence-corrected chi connectivity index (χ1v) is 15.3. The van der Waals surface area contributed by atoms with E-state index in [0.717, 1.165) is 6.26 Å². The molecule has 1 aromatic carbocycles. The first-order valence-electron chi connectivity index (χ1n) is 14.9. The summed E-state index contributed by atoms with van der Waals surface area (Å²) in [6.07, 6.45) is 4.84. The van der Waals surface area contributed by atoms with Gasteiger partial charge in [0, 0.05) is 48.0 Å². The number of hydrogen-bond donors (Lipinski definition) is 1. The Morgan fingerprint density at radius 2 is 2.02 bits per heavy atom. The van der Waals surface area contributed by atoms with E-state index in [0.29, 0.717) is 48.2 Å². The molecule has 1 aliphatic rings. The van der Waals surface area contributed by atoms with Crippen LogP contribution < -0.4 is 4.74 Å². The van der Waals surface area contributed by atoms with Gasteiger partial charge in [0.1, 0.15) is 22.8 Å². The number of aliphatic hydroxyl groups excluding tert-OH is 1. The van der Waals surface area contributed by atoms with Crippen LogP contribution in [0.5, 0.6) is 5.88 Å². The van der Waals surface area contributed by atoms with Crippen LogP contribution in [-0.2, 0) is 21.6 Å². The average Bonchev–Trinajstić information content (AvgIpc) is 3.55. The molecule has 5 aromatic rings.